The smallest absolute Gasteiger partial charge is 0.129 e. The molecule has 1 aromatic carbocycles. The first kappa shape index (κ1) is 8.98. The fraction of sp³-hybridized carbons (Fsp3) is 0.0909. The Morgan fingerprint density at radius 3 is 2.93 bits per heavy atom. The molecule has 0 radical (unpaired) electrons. The summed E-state index contributed by atoms with van der Waals surface area (Å²) in [6.07, 6.45) is 0.429. The number of hydrogen-bond donors (Lipinski definition) is 0. The maximum absolute atomic E-state index is 8.55. The summed E-state index contributed by atoms with van der Waals surface area (Å²) >= 11 is 5.76. The fourth-order valence-corrected chi connectivity index (χ4v) is 1.51. The average molecular weight is 203 g/mol. The molecule has 0 aliphatic rings. The molecule has 0 aliphatic carbocycles. The Kier molecular flexibility index (Phi) is 2.34. The van der Waals surface area contributed by atoms with Crippen molar-refractivity contribution in [3.63, 3.8) is 0 Å². The van der Waals surface area contributed by atoms with Crippen molar-refractivity contribution in [2.24, 2.45) is 0 Å². The molecule has 3 heteroatoms. The summed E-state index contributed by atoms with van der Waals surface area (Å²) in [4.78, 5) is 4.16. The standard InChI is InChI=1S/C11H7ClN2/c12-11-4-2-9-7-8(5-6-13)1-3-10(9)14-11/h1-4,7H,5H2. The number of hydrogen-bond acceptors (Lipinski definition) is 2. The van der Waals surface area contributed by atoms with Gasteiger partial charge < -0.3 is 0 Å². The van der Waals surface area contributed by atoms with E-state index in [1.165, 1.54) is 0 Å². The van der Waals surface area contributed by atoms with Gasteiger partial charge in [-0.25, -0.2) is 4.98 Å². The van der Waals surface area contributed by atoms with Crippen molar-refractivity contribution in [1.29, 1.82) is 5.26 Å². The monoisotopic (exact) mass is 202 g/mol. The van der Waals surface area contributed by atoms with E-state index in [0.717, 1.165) is 16.5 Å². The van der Waals surface area contributed by atoms with E-state index in [1.54, 1.807) is 6.07 Å². The molecule has 14 heavy (non-hydrogen) atoms. The Labute approximate surface area is 86.8 Å². The van der Waals surface area contributed by atoms with Crippen molar-refractivity contribution < 1.29 is 0 Å². The summed E-state index contributed by atoms with van der Waals surface area (Å²) in [5.74, 6) is 0. The minimum atomic E-state index is 0.429. The van der Waals surface area contributed by atoms with Gasteiger partial charge in [-0.05, 0) is 29.8 Å². The summed E-state index contributed by atoms with van der Waals surface area (Å²) in [5.41, 5.74) is 1.86. The van der Waals surface area contributed by atoms with Gasteiger partial charge in [0.25, 0.3) is 0 Å². The van der Waals surface area contributed by atoms with Crippen molar-refractivity contribution >= 4 is 22.5 Å². The lowest BCUT2D eigenvalue weighted by Crippen LogP contribution is -1.84. The first-order chi connectivity index (χ1) is 6.79. The van der Waals surface area contributed by atoms with Crippen LogP contribution in [0.2, 0.25) is 5.15 Å². The molecule has 0 fully saturated rings. The first-order valence-corrected chi connectivity index (χ1v) is 4.59. The molecule has 1 aromatic heterocycles. The third-order valence-electron chi connectivity index (χ3n) is 2.00. The highest BCUT2D eigenvalue weighted by Crippen LogP contribution is 2.17. The van der Waals surface area contributed by atoms with Gasteiger partial charge in [-0.1, -0.05) is 17.7 Å². The molecule has 0 spiro atoms. The average Bonchev–Trinajstić information content (AvgIpc) is 2.19. The predicted octanol–water partition coefficient (Wildman–Crippen LogP) is 2.95. The van der Waals surface area contributed by atoms with Crippen molar-refractivity contribution in [2.75, 3.05) is 0 Å². The molecular weight excluding hydrogens is 196 g/mol. The van der Waals surface area contributed by atoms with Crippen LogP contribution in [0.25, 0.3) is 10.9 Å². The highest BCUT2D eigenvalue weighted by Gasteiger charge is 1.98. The van der Waals surface area contributed by atoms with Gasteiger partial charge in [0, 0.05) is 5.39 Å². The fourth-order valence-electron chi connectivity index (χ4n) is 1.35. The third kappa shape index (κ3) is 1.68. The zero-order valence-electron chi connectivity index (χ0n) is 7.37. The summed E-state index contributed by atoms with van der Waals surface area (Å²) < 4.78 is 0. The zero-order valence-corrected chi connectivity index (χ0v) is 8.12. The van der Waals surface area contributed by atoms with Gasteiger partial charge in [-0.2, -0.15) is 5.26 Å². The molecule has 68 valence electrons. The summed E-state index contributed by atoms with van der Waals surface area (Å²) in [5, 5.41) is 10.1. The van der Waals surface area contributed by atoms with E-state index in [-0.39, 0.29) is 0 Å². The molecule has 0 aliphatic heterocycles. The first-order valence-electron chi connectivity index (χ1n) is 4.22. The van der Waals surface area contributed by atoms with Gasteiger partial charge >= 0.3 is 0 Å². The number of rotatable bonds is 1. The lowest BCUT2D eigenvalue weighted by Gasteiger charge is -1.99. The molecule has 0 atom stereocenters. The van der Waals surface area contributed by atoms with Gasteiger partial charge in [-0.15, -0.1) is 0 Å². The molecule has 2 rings (SSSR count). The van der Waals surface area contributed by atoms with Crippen LogP contribution < -0.4 is 0 Å². The summed E-state index contributed by atoms with van der Waals surface area (Å²) in [7, 11) is 0. The summed E-state index contributed by atoms with van der Waals surface area (Å²) in [6, 6.07) is 11.5. The van der Waals surface area contributed by atoms with Gasteiger partial charge in [-0.3, -0.25) is 0 Å². The minimum Gasteiger partial charge on any atom is -0.236 e. The topological polar surface area (TPSA) is 36.7 Å². The number of halogens is 1. The van der Waals surface area contributed by atoms with Crippen LogP contribution in [0.1, 0.15) is 5.56 Å². The summed E-state index contributed by atoms with van der Waals surface area (Å²) in [6.45, 7) is 0. The third-order valence-corrected chi connectivity index (χ3v) is 2.21. The van der Waals surface area contributed by atoms with Crippen LogP contribution in [0.15, 0.2) is 30.3 Å². The van der Waals surface area contributed by atoms with Crippen molar-refractivity contribution in [2.45, 2.75) is 6.42 Å². The minimum absolute atomic E-state index is 0.429. The molecule has 0 unspecified atom stereocenters. The lowest BCUT2D eigenvalue weighted by atomic mass is 10.1. The van der Waals surface area contributed by atoms with Crippen LogP contribution in [0.4, 0.5) is 0 Å². The van der Waals surface area contributed by atoms with Gasteiger partial charge in [0.15, 0.2) is 0 Å². The molecule has 1 heterocycles. The van der Waals surface area contributed by atoms with Gasteiger partial charge in [0.1, 0.15) is 5.15 Å². The molecule has 0 saturated carbocycles. The van der Waals surface area contributed by atoms with E-state index in [0.29, 0.717) is 11.6 Å². The number of nitrogens with zero attached hydrogens (tertiary/aromatic N) is 2. The Morgan fingerprint density at radius 1 is 1.29 bits per heavy atom. The lowest BCUT2D eigenvalue weighted by molar-refractivity contribution is 1.27. The number of benzene rings is 1. The second kappa shape index (κ2) is 3.65. The van der Waals surface area contributed by atoms with Gasteiger partial charge in [0.2, 0.25) is 0 Å². The molecule has 0 bridgehead atoms. The van der Waals surface area contributed by atoms with Crippen LogP contribution in [0.5, 0.6) is 0 Å². The molecule has 0 amide bonds. The predicted molar refractivity (Wildman–Crippen MR) is 56.1 cm³/mol. The Morgan fingerprint density at radius 2 is 2.14 bits per heavy atom. The maximum Gasteiger partial charge on any atom is 0.129 e. The molecule has 0 saturated heterocycles. The number of fused-ring (bicyclic) bond motifs is 1. The van der Waals surface area contributed by atoms with E-state index >= 15 is 0 Å². The van der Waals surface area contributed by atoms with Crippen molar-refractivity contribution in [1.82, 2.24) is 4.98 Å². The zero-order chi connectivity index (χ0) is 9.97. The highest BCUT2D eigenvalue weighted by atomic mass is 35.5. The van der Waals surface area contributed by atoms with Crippen LogP contribution in [-0.2, 0) is 6.42 Å². The Balaban J connectivity index is 2.57. The van der Waals surface area contributed by atoms with Crippen molar-refractivity contribution in [3.8, 4) is 6.07 Å². The maximum atomic E-state index is 8.55. The Bertz CT molecular complexity index is 514. The van der Waals surface area contributed by atoms with Gasteiger partial charge in [0.05, 0.1) is 18.0 Å². The van der Waals surface area contributed by atoms with Crippen LogP contribution in [0.3, 0.4) is 0 Å². The quantitative estimate of drug-likeness (QED) is 0.667. The molecule has 2 aromatic rings. The highest BCUT2D eigenvalue weighted by molar-refractivity contribution is 6.29. The Hall–Kier alpha value is -1.59. The SMILES string of the molecule is N#CCc1ccc2nc(Cl)ccc2c1. The normalized spacial score (nSPS) is 10.0. The van der Waals surface area contributed by atoms with Crippen LogP contribution >= 0.6 is 11.6 Å². The van der Waals surface area contributed by atoms with Crippen LogP contribution in [0, 0.1) is 11.3 Å². The van der Waals surface area contributed by atoms with Crippen molar-refractivity contribution in [3.05, 3.63) is 41.0 Å². The van der Waals surface area contributed by atoms with Crippen LogP contribution in [-0.4, -0.2) is 4.98 Å². The molecule has 2 nitrogen and oxygen atoms in total. The number of aromatic nitrogens is 1. The van der Waals surface area contributed by atoms with E-state index in [9.17, 15) is 0 Å². The largest absolute Gasteiger partial charge is 0.236 e. The van der Waals surface area contributed by atoms with E-state index in [2.05, 4.69) is 11.1 Å². The number of pyridine rings is 1. The molecular formula is C11H7ClN2. The molecule has 0 N–H and O–H groups in total. The second-order valence-electron chi connectivity index (χ2n) is 3.00. The van der Waals surface area contributed by atoms with E-state index in [1.807, 2.05) is 24.3 Å². The second-order valence-corrected chi connectivity index (χ2v) is 3.38. The van der Waals surface area contributed by atoms with E-state index in [4.69, 9.17) is 16.9 Å². The van der Waals surface area contributed by atoms with E-state index < -0.39 is 0 Å². The number of nitriles is 1.